The van der Waals surface area contributed by atoms with Crippen LogP contribution in [0.1, 0.15) is 41.0 Å². The van der Waals surface area contributed by atoms with Gasteiger partial charge in [-0.3, -0.25) is 4.21 Å². The maximum atomic E-state index is 12.2. The van der Waals surface area contributed by atoms with Crippen LogP contribution in [-0.2, 0) is 15.2 Å². The molecule has 0 spiro atoms. The van der Waals surface area contributed by atoms with E-state index < -0.39 is 19.8 Å². The third-order valence-electron chi connectivity index (χ3n) is 3.72. The standard InChI is InChI=1S/C17H30O2SSi/c1-6-21(17(3,4)5)19-14-15(2)12-13-20(18)16-10-8-7-9-11-16/h7-11,15,21H,6,12-14H2,1-5H3/t15-,20+,21?/m0/s1. The Kier molecular flexibility index (Phi) is 7.85. The summed E-state index contributed by atoms with van der Waals surface area (Å²) in [6.45, 7) is 12.1. The lowest BCUT2D eigenvalue weighted by Crippen LogP contribution is -2.30. The highest BCUT2D eigenvalue weighted by atomic mass is 32.2. The van der Waals surface area contributed by atoms with Gasteiger partial charge in [-0.25, -0.2) is 0 Å². The van der Waals surface area contributed by atoms with Crippen molar-refractivity contribution in [1.82, 2.24) is 0 Å². The molecule has 0 bridgehead atoms. The first-order valence-corrected chi connectivity index (χ1v) is 11.1. The summed E-state index contributed by atoms with van der Waals surface area (Å²) in [5.41, 5.74) is 0. The van der Waals surface area contributed by atoms with Gasteiger partial charge in [0.05, 0.1) is 10.8 Å². The van der Waals surface area contributed by atoms with Gasteiger partial charge in [0.25, 0.3) is 0 Å². The third kappa shape index (κ3) is 6.89. The summed E-state index contributed by atoms with van der Waals surface area (Å²) in [6, 6.07) is 10.9. The fourth-order valence-corrected chi connectivity index (χ4v) is 6.18. The third-order valence-corrected chi connectivity index (χ3v) is 8.39. The van der Waals surface area contributed by atoms with Gasteiger partial charge in [0.1, 0.15) is 0 Å². The molecule has 120 valence electrons. The quantitative estimate of drug-likeness (QED) is 0.663. The Morgan fingerprint density at radius 1 is 1.24 bits per heavy atom. The van der Waals surface area contributed by atoms with Crippen LogP contribution in [0.15, 0.2) is 35.2 Å². The Hall–Kier alpha value is -0.453. The first kappa shape index (κ1) is 18.6. The second kappa shape index (κ2) is 8.86. The predicted molar refractivity (Wildman–Crippen MR) is 94.8 cm³/mol. The van der Waals surface area contributed by atoms with E-state index in [1.165, 1.54) is 6.04 Å². The Morgan fingerprint density at radius 3 is 2.38 bits per heavy atom. The molecule has 0 aromatic heterocycles. The molecule has 0 aliphatic carbocycles. The minimum atomic E-state index is -1.14. The topological polar surface area (TPSA) is 26.3 Å². The normalized spacial score (nSPS) is 16.4. The number of rotatable bonds is 8. The van der Waals surface area contributed by atoms with Crippen LogP contribution in [0.5, 0.6) is 0 Å². The molecular formula is C17H30O2SSi. The minimum Gasteiger partial charge on any atom is -0.419 e. The maximum Gasteiger partial charge on any atom is 0.181 e. The van der Waals surface area contributed by atoms with Crippen molar-refractivity contribution in [2.45, 2.75) is 57.0 Å². The molecule has 0 amide bonds. The van der Waals surface area contributed by atoms with Gasteiger partial charge >= 0.3 is 0 Å². The molecular weight excluding hydrogens is 296 g/mol. The van der Waals surface area contributed by atoms with Crippen molar-refractivity contribution in [3.8, 4) is 0 Å². The van der Waals surface area contributed by atoms with Crippen LogP contribution in [0.2, 0.25) is 11.1 Å². The second-order valence-corrected chi connectivity index (χ2v) is 12.3. The zero-order valence-electron chi connectivity index (χ0n) is 14.1. The summed E-state index contributed by atoms with van der Waals surface area (Å²) < 4.78 is 18.4. The largest absolute Gasteiger partial charge is 0.419 e. The van der Waals surface area contributed by atoms with E-state index in [0.29, 0.717) is 11.0 Å². The van der Waals surface area contributed by atoms with E-state index >= 15 is 0 Å². The summed E-state index contributed by atoms with van der Waals surface area (Å²) in [5.74, 6) is 1.20. The fourth-order valence-electron chi connectivity index (χ4n) is 2.34. The fraction of sp³-hybridized carbons (Fsp3) is 0.647. The van der Waals surface area contributed by atoms with E-state index in [2.05, 4.69) is 34.6 Å². The highest BCUT2D eigenvalue weighted by molar-refractivity contribution is 7.85. The van der Waals surface area contributed by atoms with E-state index in [4.69, 9.17) is 4.43 Å². The molecule has 1 unspecified atom stereocenters. The monoisotopic (exact) mass is 326 g/mol. The van der Waals surface area contributed by atoms with Gasteiger partial charge in [-0.1, -0.05) is 52.8 Å². The Balaban J connectivity index is 2.34. The van der Waals surface area contributed by atoms with Crippen LogP contribution in [0.3, 0.4) is 0 Å². The Bertz CT molecular complexity index is 428. The molecule has 21 heavy (non-hydrogen) atoms. The smallest absolute Gasteiger partial charge is 0.181 e. The van der Waals surface area contributed by atoms with Crippen LogP contribution in [0, 0.1) is 5.92 Å². The summed E-state index contributed by atoms with van der Waals surface area (Å²) in [5, 5.41) is 0.321. The summed E-state index contributed by atoms with van der Waals surface area (Å²) in [4.78, 5) is 0.932. The van der Waals surface area contributed by atoms with Gasteiger partial charge in [0.15, 0.2) is 9.04 Å². The molecule has 1 aromatic rings. The lowest BCUT2D eigenvalue weighted by Gasteiger charge is -2.29. The van der Waals surface area contributed by atoms with Crippen LogP contribution in [0.25, 0.3) is 0 Å². The van der Waals surface area contributed by atoms with E-state index in [1.54, 1.807) is 0 Å². The zero-order valence-corrected chi connectivity index (χ0v) is 16.1. The summed E-state index contributed by atoms with van der Waals surface area (Å²) in [7, 11) is -2.02. The lowest BCUT2D eigenvalue weighted by molar-refractivity contribution is 0.245. The lowest BCUT2D eigenvalue weighted by atomic mass is 10.1. The molecule has 1 rings (SSSR count). The van der Waals surface area contributed by atoms with Gasteiger partial charge in [-0.2, -0.15) is 0 Å². The van der Waals surface area contributed by atoms with E-state index in [0.717, 1.165) is 23.7 Å². The molecule has 0 aliphatic rings. The molecule has 3 atom stereocenters. The van der Waals surface area contributed by atoms with Crippen molar-refractivity contribution in [3.05, 3.63) is 30.3 Å². The van der Waals surface area contributed by atoms with E-state index in [9.17, 15) is 4.21 Å². The molecule has 0 radical (unpaired) electrons. The van der Waals surface area contributed by atoms with Gasteiger partial charge in [-0.05, 0) is 35.6 Å². The van der Waals surface area contributed by atoms with Gasteiger partial charge in [0, 0.05) is 17.3 Å². The Labute approximate surface area is 134 Å². The van der Waals surface area contributed by atoms with Crippen molar-refractivity contribution in [3.63, 3.8) is 0 Å². The van der Waals surface area contributed by atoms with E-state index in [1.807, 2.05) is 30.3 Å². The number of benzene rings is 1. The van der Waals surface area contributed by atoms with Gasteiger partial charge in [-0.15, -0.1) is 0 Å². The van der Waals surface area contributed by atoms with Crippen molar-refractivity contribution in [1.29, 1.82) is 0 Å². The van der Waals surface area contributed by atoms with Gasteiger partial charge in [0.2, 0.25) is 0 Å². The molecule has 0 fully saturated rings. The molecule has 4 heteroatoms. The Morgan fingerprint density at radius 2 is 1.86 bits per heavy atom. The molecule has 1 aromatic carbocycles. The van der Waals surface area contributed by atoms with Crippen molar-refractivity contribution < 1.29 is 8.63 Å². The van der Waals surface area contributed by atoms with E-state index in [-0.39, 0.29) is 0 Å². The van der Waals surface area contributed by atoms with Crippen molar-refractivity contribution in [2.75, 3.05) is 12.4 Å². The number of hydrogen-bond acceptors (Lipinski definition) is 2. The molecule has 0 heterocycles. The highest BCUT2D eigenvalue weighted by Crippen LogP contribution is 2.30. The van der Waals surface area contributed by atoms with Crippen LogP contribution in [0.4, 0.5) is 0 Å². The summed E-state index contributed by atoms with van der Waals surface area (Å²) in [6.07, 6.45) is 0.955. The minimum absolute atomic E-state index is 0.321. The molecule has 0 aliphatic heterocycles. The van der Waals surface area contributed by atoms with Gasteiger partial charge < -0.3 is 4.43 Å². The molecule has 0 saturated heterocycles. The maximum absolute atomic E-state index is 12.2. The second-order valence-electron chi connectivity index (χ2n) is 6.85. The van der Waals surface area contributed by atoms with Crippen molar-refractivity contribution >= 4 is 19.8 Å². The van der Waals surface area contributed by atoms with Crippen LogP contribution < -0.4 is 0 Å². The van der Waals surface area contributed by atoms with Crippen LogP contribution in [-0.4, -0.2) is 25.6 Å². The first-order valence-electron chi connectivity index (χ1n) is 7.89. The molecule has 0 saturated carbocycles. The SMILES string of the molecule is CC[SiH](OC[C@@H](C)CC[S@@](=O)c1ccccc1)C(C)(C)C. The van der Waals surface area contributed by atoms with Crippen LogP contribution >= 0.6 is 0 Å². The average Bonchev–Trinajstić information content (AvgIpc) is 2.45. The van der Waals surface area contributed by atoms with Crippen molar-refractivity contribution in [2.24, 2.45) is 5.92 Å². The summed E-state index contributed by atoms with van der Waals surface area (Å²) >= 11 is 0. The zero-order chi connectivity index (χ0) is 15.9. The predicted octanol–water partition coefficient (Wildman–Crippen LogP) is 4.38. The molecule has 2 nitrogen and oxygen atoms in total. The number of hydrogen-bond donors (Lipinski definition) is 0. The first-order chi connectivity index (χ1) is 9.84. The molecule has 0 N–H and O–H groups in total. The average molecular weight is 327 g/mol. The highest BCUT2D eigenvalue weighted by Gasteiger charge is 2.26.